The summed E-state index contributed by atoms with van der Waals surface area (Å²) in [5.74, 6) is 0.00951. The number of carboxylic acid groups (broad SMARTS) is 1. The molecule has 4 aromatic rings. The minimum absolute atomic E-state index is 0.0628. The molecule has 4 rings (SSSR count). The van der Waals surface area contributed by atoms with Crippen molar-refractivity contribution in [3.05, 3.63) is 89.2 Å². The summed E-state index contributed by atoms with van der Waals surface area (Å²) in [4.78, 5) is 29.4. The number of nitrogens with zero attached hydrogens (tertiary/aromatic N) is 2. The average molecular weight is 498 g/mol. The SMILES string of the molecule is CCCCc1nc2ccc(C(=O)NC(C)CCC)cc2n1Cc1ccc(-c2ccccc2C(=O)O)cc1. The lowest BCUT2D eigenvalue weighted by Crippen LogP contribution is -2.32. The summed E-state index contributed by atoms with van der Waals surface area (Å²) >= 11 is 0. The minimum Gasteiger partial charge on any atom is -0.478 e. The molecule has 6 nitrogen and oxygen atoms in total. The zero-order valence-corrected chi connectivity index (χ0v) is 21.8. The van der Waals surface area contributed by atoms with Crippen LogP contribution < -0.4 is 5.32 Å². The standard InChI is InChI=1S/C31H35N3O3/c1-4-6-12-29-33-27-18-17-24(30(35)32-21(3)9-5-2)19-28(27)34(29)20-22-13-15-23(16-14-22)25-10-7-8-11-26(25)31(36)37/h7-8,10-11,13-19,21H,4-6,9,12,20H2,1-3H3,(H,32,35)(H,36,37). The molecule has 37 heavy (non-hydrogen) atoms. The van der Waals surface area contributed by atoms with Crippen LogP contribution >= 0.6 is 0 Å². The number of hydrogen-bond donors (Lipinski definition) is 2. The number of aryl methyl sites for hydroxylation is 1. The first-order valence-corrected chi connectivity index (χ1v) is 13.1. The Hall–Kier alpha value is -3.93. The number of nitrogens with one attached hydrogen (secondary N) is 1. The fourth-order valence-electron chi connectivity index (χ4n) is 4.72. The van der Waals surface area contributed by atoms with Crippen LogP contribution in [-0.4, -0.2) is 32.6 Å². The normalized spacial score (nSPS) is 12.0. The van der Waals surface area contributed by atoms with Gasteiger partial charge in [0.25, 0.3) is 5.91 Å². The molecule has 0 aliphatic carbocycles. The molecule has 6 heteroatoms. The number of carbonyl (C=O) groups is 2. The monoisotopic (exact) mass is 497 g/mol. The highest BCUT2D eigenvalue weighted by atomic mass is 16.4. The van der Waals surface area contributed by atoms with E-state index in [4.69, 9.17) is 4.98 Å². The summed E-state index contributed by atoms with van der Waals surface area (Å²) < 4.78 is 2.21. The molecule has 2 N–H and O–H groups in total. The van der Waals surface area contributed by atoms with E-state index >= 15 is 0 Å². The number of imidazole rings is 1. The topological polar surface area (TPSA) is 84.2 Å². The van der Waals surface area contributed by atoms with Crippen molar-refractivity contribution in [3.8, 4) is 11.1 Å². The Morgan fingerprint density at radius 1 is 1.00 bits per heavy atom. The van der Waals surface area contributed by atoms with E-state index < -0.39 is 5.97 Å². The third kappa shape index (κ3) is 6.08. The maximum Gasteiger partial charge on any atom is 0.336 e. The average Bonchev–Trinajstić information content (AvgIpc) is 3.24. The zero-order chi connectivity index (χ0) is 26.4. The predicted molar refractivity (Wildman–Crippen MR) is 148 cm³/mol. The molecular weight excluding hydrogens is 462 g/mol. The van der Waals surface area contributed by atoms with E-state index in [9.17, 15) is 14.7 Å². The molecule has 3 aromatic carbocycles. The minimum atomic E-state index is -0.936. The van der Waals surface area contributed by atoms with Gasteiger partial charge in [-0.05, 0) is 60.7 Å². The summed E-state index contributed by atoms with van der Waals surface area (Å²) in [7, 11) is 0. The Labute approximate surface area is 218 Å². The Kier molecular flexibility index (Phi) is 8.39. The number of carbonyl (C=O) groups excluding carboxylic acids is 1. The summed E-state index contributed by atoms with van der Waals surface area (Å²) in [6, 6.07) is 20.9. The summed E-state index contributed by atoms with van der Waals surface area (Å²) in [6.45, 7) is 6.93. The molecule has 0 bridgehead atoms. The second kappa shape index (κ2) is 11.9. The maximum atomic E-state index is 12.9. The van der Waals surface area contributed by atoms with E-state index in [-0.39, 0.29) is 17.5 Å². The van der Waals surface area contributed by atoms with Gasteiger partial charge in [0.15, 0.2) is 0 Å². The van der Waals surface area contributed by atoms with E-state index in [1.807, 2.05) is 61.5 Å². The van der Waals surface area contributed by atoms with Gasteiger partial charge >= 0.3 is 5.97 Å². The van der Waals surface area contributed by atoms with Crippen LogP contribution in [0.15, 0.2) is 66.7 Å². The molecule has 192 valence electrons. The van der Waals surface area contributed by atoms with Gasteiger partial charge < -0.3 is 15.0 Å². The number of rotatable bonds is 11. The van der Waals surface area contributed by atoms with Crippen molar-refractivity contribution >= 4 is 22.9 Å². The highest BCUT2D eigenvalue weighted by Crippen LogP contribution is 2.26. The van der Waals surface area contributed by atoms with Crippen molar-refractivity contribution in [3.63, 3.8) is 0 Å². The van der Waals surface area contributed by atoms with E-state index in [1.165, 1.54) is 0 Å². The van der Waals surface area contributed by atoms with Gasteiger partial charge in [-0.3, -0.25) is 4.79 Å². The van der Waals surface area contributed by atoms with Crippen LogP contribution in [0.1, 0.15) is 78.6 Å². The fraction of sp³-hybridized carbons (Fsp3) is 0.323. The molecule has 0 aliphatic heterocycles. The first-order chi connectivity index (χ1) is 17.9. The largest absolute Gasteiger partial charge is 0.478 e. The highest BCUT2D eigenvalue weighted by Gasteiger charge is 2.16. The van der Waals surface area contributed by atoms with Gasteiger partial charge in [0.2, 0.25) is 0 Å². The first-order valence-electron chi connectivity index (χ1n) is 13.1. The highest BCUT2D eigenvalue weighted by molar-refractivity contribution is 5.98. The van der Waals surface area contributed by atoms with Crippen molar-refractivity contribution in [2.45, 2.75) is 65.5 Å². The van der Waals surface area contributed by atoms with Gasteiger partial charge in [0, 0.05) is 24.6 Å². The van der Waals surface area contributed by atoms with E-state index in [1.54, 1.807) is 12.1 Å². The smallest absolute Gasteiger partial charge is 0.336 e. The van der Waals surface area contributed by atoms with Crippen LogP contribution in [0.5, 0.6) is 0 Å². The lowest BCUT2D eigenvalue weighted by Gasteiger charge is -2.14. The van der Waals surface area contributed by atoms with Gasteiger partial charge in [0.1, 0.15) is 5.82 Å². The molecular formula is C31H35N3O3. The van der Waals surface area contributed by atoms with E-state index in [0.717, 1.165) is 60.1 Å². The number of aromatic nitrogens is 2. The number of benzene rings is 3. The second-order valence-corrected chi connectivity index (χ2v) is 9.63. The van der Waals surface area contributed by atoms with Crippen molar-refractivity contribution in [2.75, 3.05) is 0 Å². The van der Waals surface area contributed by atoms with Crippen LogP contribution in [0.4, 0.5) is 0 Å². The number of carboxylic acids is 1. The molecule has 1 amide bonds. The number of amides is 1. The molecule has 0 saturated heterocycles. The molecule has 0 spiro atoms. The third-order valence-electron chi connectivity index (χ3n) is 6.71. The van der Waals surface area contributed by atoms with Crippen molar-refractivity contribution < 1.29 is 14.7 Å². The number of unbranched alkanes of at least 4 members (excludes halogenated alkanes) is 1. The number of fused-ring (bicyclic) bond motifs is 1. The maximum absolute atomic E-state index is 12.9. The van der Waals surface area contributed by atoms with E-state index in [0.29, 0.717) is 17.7 Å². The van der Waals surface area contributed by atoms with Crippen LogP contribution in [0.3, 0.4) is 0 Å². The Balaban J connectivity index is 1.66. The Morgan fingerprint density at radius 3 is 2.46 bits per heavy atom. The van der Waals surface area contributed by atoms with Crippen molar-refractivity contribution in [1.82, 2.24) is 14.9 Å². The third-order valence-corrected chi connectivity index (χ3v) is 6.71. The van der Waals surface area contributed by atoms with Gasteiger partial charge in [-0.15, -0.1) is 0 Å². The van der Waals surface area contributed by atoms with Gasteiger partial charge in [0.05, 0.1) is 16.6 Å². The van der Waals surface area contributed by atoms with Crippen molar-refractivity contribution in [2.24, 2.45) is 0 Å². The van der Waals surface area contributed by atoms with E-state index in [2.05, 4.69) is 23.7 Å². The second-order valence-electron chi connectivity index (χ2n) is 9.63. The Bertz CT molecular complexity index is 1390. The first kappa shape index (κ1) is 26.1. The molecule has 1 atom stereocenters. The molecule has 1 unspecified atom stereocenters. The number of hydrogen-bond acceptors (Lipinski definition) is 3. The van der Waals surface area contributed by atoms with Crippen LogP contribution in [-0.2, 0) is 13.0 Å². The predicted octanol–water partition coefficient (Wildman–Crippen LogP) is 6.71. The van der Waals surface area contributed by atoms with Crippen molar-refractivity contribution in [1.29, 1.82) is 0 Å². The van der Waals surface area contributed by atoms with Gasteiger partial charge in [-0.2, -0.15) is 0 Å². The Morgan fingerprint density at radius 2 is 1.76 bits per heavy atom. The summed E-state index contributed by atoms with van der Waals surface area (Å²) in [6.07, 6.45) is 4.94. The molecule has 0 fully saturated rings. The lowest BCUT2D eigenvalue weighted by atomic mass is 9.99. The van der Waals surface area contributed by atoms with Crippen LogP contribution in [0, 0.1) is 0 Å². The lowest BCUT2D eigenvalue weighted by molar-refractivity contribution is 0.0697. The molecule has 1 aromatic heterocycles. The fourth-order valence-corrected chi connectivity index (χ4v) is 4.72. The molecule has 1 heterocycles. The summed E-state index contributed by atoms with van der Waals surface area (Å²) in [5.41, 5.74) is 5.41. The van der Waals surface area contributed by atoms with Crippen LogP contribution in [0.25, 0.3) is 22.2 Å². The van der Waals surface area contributed by atoms with Crippen LogP contribution in [0.2, 0.25) is 0 Å². The summed E-state index contributed by atoms with van der Waals surface area (Å²) in [5, 5.41) is 12.6. The molecule has 0 saturated carbocycles. The molecule has 0 radical (unpaired) electrons. The molecule has 0 aliphatic rings. The number of aromatic carboxylic acids is 1. The quantitative estimate of drug-likeness (QED) is 0.241. The zero-order valence-electron chi connectivity index (χ0n) is 21.8. The van der Waals surface area contributed by atoms with Gasteiger partial charge in [-0.25, -0.2) is 9.78 Å². The van der Waals surface area contributed by atoms with Gasteiger partial charge in [-0.1, -0.05) is 69.2 Å².